The number of ether oxygens (including phenoxy) is 3. The Morgan fingerprint density at radius 2 is 1.50 bits per heavy atom. The molecule has 5 fully saturated rings. The second-order valence-corrected chi connectivity index (χ2v) is 8.39. The summed E-state index contributed by atoms with van der Waals surface area (Å²) in [5, 5.41) is 10.2. The van der Waals surface area contributed by atoms with Gasteiger partial charge in [0.05, 0.1) is 5.60 Å². The first-order chi connectivity index (χ1) is 11.3. The van der Waals surface area contributed by atoms with Gasteiger partial charge in [0.15, 0.2) is 5.57 Å². The van der Waals surface area contributed by atoms with E-state index in [1.165, 1.54) is 33.1 Å². The van der Waals surface area contributed by atoms with Crippen molar-refractivity contribution in [3.8, 4) is 0 Å². The Morgan fingerprint density at radius 1 is 1.04 bits per heavy atom. The molecule has 6 heteroatoms. The normalized spacial score (nSPS) is 39.6. The summed E-state index contributed by atoms with van der Waals surface area (Å²) in [6.45, 7) is 2.80. The summed E-state index contributed by atoms with van der Waals surface area (Å²) < 4.78 is 16.1. The van der Waals surface area contributed by atoms with Crippen molar-refractivity contribution in [2.24, 2.45) is 17.8 Å². The largest absolute Gasteiger partial charge is 0.509 e. The first-order valence-electron chi connectivity index (χ1n) is 8.78. The van der Waals surface area contributed by atoms with Gasteiger partial charge >= 0.3 is 11.9 Å². The van der Waals surface area contributed by atoms with Crippen molar-refractivity contribution in [2.45, 2.75) is 63.8 Å². The summed E-state index contributed by atoms with van der Waals surface area (Å²) in [6.07, 6.45) is 6.94. The molecule has 0 aromatic carbocycles. The van der Waals surface area contributed by atoms with Crippen molar-refractivity contribution in [2.75, 3.05) is 6.61 Å². The zero-order valence-electron chi connectivity index (χ0n) is 14.2. The fourth-order valence-corrected chi connectivity index (χ4v) is 5.39. The number of carbonyl (C=O) groups excluding carboxylic acids is 2. The molecule has 24 heavy (non-hydrogen) atoms. The molecule has 5 rings (SSSR count). The lowest BCUT2D eigenvalue weighted by molar-refractivity contribution is -0.223. The maximum Gasteiger partial charge on any atom is 0.352 e. The summed E-state index contributed by atoms with van der Waals surface area (Å²) in [5.74, 6) is -1.26. The molecule has 0 unspecified atom stereocenters. The van der Waals surface area contributed by atoms with E-state index in [1.54, 1.807) is 0 Å². The first-order valence-corrected chi connectivity index (χ1v) is 8.78. The Hall–Kier alpha value is -1.56. The maximum atomic E-state index is 12.0. The number of aliphatic hydroxyl groups is 1. The van der Waals surface area contributed by atoms with Crippen molar-refractivity contribution in [1.29, 1.82) is 0 Å². The molecule has 0 radical (unpaired) electrons. The second kappa shape index (κ2) is 5.22. The predicted molar refractivity (Wildman–Crippen MR) is 82.8 cm³/mol. The number of cyclic esters (lactones) is 2. The van der Waals surface area contributed by atoms with Gasteiger partial charge in [-0.25, -0.2) is 9.59 Å². The molecule has 6 nitrogen and oxygen atoms in total. The lowest BCUT2D eigenvalue weighted by atomic mass is 9.54. The van der Waals surface area contributed by atoms with Crippen LogP contribution < -0.4 is 0 Å². The number of rotatable bonds is 3. The van der Waals surface area contributed by atoms with Gasteiger partial charge in [0, 0.05) is 13.8 Å². The van der Waals surface area contributed by atoms with Gasteiger partial charge in [-0.3, -0.25) is 0 Å². The van der Waals surface area contributed by atoms with Crippen LogP contribution in [0, 0.1) is 17.8 Å². The van der Waals surface area contributed by atoms with Crippen molar-refractivity contribution >= 4 is 11.9 Å². The summed E-state index contributed by atoms with van der Waals surface area (Å²) >= 11 is 0. The van der Waals surface area contributed by atoms with E-state index in [9.17, 15) is 14.7 Å². The minimum absolute atomic E-state index is 0.147. The smallest absolute Gasteiger partial charge is 0.352 e. The van der Waals surface area contributed by atoms with Crippen LogP contribution in [-0.4, -0.2) is 35.0 Å². The van der Waals surface area contributed by atoms with Crippen LogP contribution in [0.25, 0.3) is 0 Å². The van der Waals surface area contributed by atoms with E-state index in [4.69, 9.17) is 14.2 Å². The highest BCUT2D eigenvalue weighted by Gasteiger charge is 2.52. The minimum Gasteiger partial charge on any atom is -0.509 e. The van der Waals surface area contributed by atoms with Crippen molar-refractivity contribution in [3.63, 3.8) is 0 Å². The van der Waals surface area contributed by atoms with E-state index in [0.29, 0.717) is 0 Å². The second-order valence-electron chi connectivity index (χ2n) is 8.39. The number of aliphatic hydroxyl groups excluding tert-OH is 1. The third kappa shape index (κ3) is 2.70. The van der Waals surface area contributed by atoms with Crippen LogP contribution in [0.2, 0.25) is 0 Å². The molecule has 1 heterocycles. The predicted octanol–water partition coefficient (Wildman–Crippen LogP) is 2.62. The first kappa shape index (κ1) is 15.9. The molecule has 0 atom stereocenters. The van der Waals surface area contributed by atoms with Crippen LogP contribution in [0.15, 0.2) is 11.3 Å². The fourth-order valence-electron chi connectivity index (χ4n) is 5.39. The summed E-state index contributed by atoms with van der Waals surface area (Å²) in [4.78, 5) is 24.0. The Morgan fingerprint density at radius 3 is 1.96 bits per heavy atom. The average molecular weight is 336 g/mol. The molecular weight excluding hydrogens is 312 g/mol. The lowest BCUT2D eigenvalue weighted by Crippen LogP contribution is -2.52. The minimum atomic E-state index is -1.31. The molecule has 0 aromatic rings. The Labute approximate surface area is 141 Å². The van der Waals surface area contributed by atoms with Crippen LogP contribution in [0.3, 0.4) is 0 Å². The zero-order valence-corrected chi connectivity index (χ0v) is 14.2. The molecule has 5 aliphatic rings. The average Bonchev–Trinajstić information content (AvgIpc) is 2.41. The van der Waals surface area contributed by atoms with E-state index in [1.807, 2.05) is 0 Å². The molecule has 1 saturated heterocycles. The molecule has 4 saturated carbocycles. The number of hydrogen-bond acceptors (Lipinski definition) is 6. The van der Waals surface area contributed by atoms with Gasteiger partial charge in [0.25, 0.3) is 5.79 Å². The molecule has 0 spiro atoms. The molecular formula is C18H24O6. The molecule has 4 bridgehead atoms. The van der Waals surface area contributed by atoms with Gasteiger partial charge in [-0.1, -0.05) is 0 Å². The highest BCUT2D eigenvalue weighted by Crippen LogP contribution is 2.57. The molecule has 132 valence electrons. The van der Waals surface area contributed by atoms with Crippen LogP contribution in [-0.2, 0) is 23.8 Å². The number of esters is 2. The van der Waals surface area contributed by atoms with Crippen LogP contribution >= 0.6 is 0 Å². The SMILES string of the molecule is CC1(C)OC(=O)C(=C(O)COC23CC4CC(CC(C4)C2)C3)C(=O)O1. The molecule has 1 N–H and O–H groups in total. The summed E-state index contributed by atoms with van der Waals surface area (Å²) in [6, 6.07) is 0. The van der Waals surface area contributed by atoms with E-state index in [-0.39, 0.29) is 12.2 Å². The highest BCUT2D eigenvalue weighted by molar-refractivity contribution is 6.15. The quantitative estimate of drug-likeness (QED) is 0.369. The van der Waals surface area contributed by atoms with E-state index >= 15 is 0 Å². The van der Waals surface area contributed by atoms with Gasteiger partial charge in [-0.15, -0.1) is 0 Å². The van der Waals surface area contributed by atoms with Crippen molar-refractivity contribution in [3.05, 3.63) is 11.3 Å². The van der Waals surface area contributed by atoms with Crippen molar-refractivity contribution < 1.29 is 28.9 Å². The highest BCUT2D eigenvalue weighted by atomic mass is 16.7. The molecule has 0 aromatic heterocycles. The van der Waals surface area contributed by atoms with Gasteiger partial charge in [0.2, 0.25) is 0 Å². The van der Waals surface area contributed by atoms with Gasteiger partial charge < -0.3 is 19.3 Å². The Bertz CT molecular complexity index is 560. The zero-order chi connectivity index (χ0) is 17.1. The van der Waals surface area contributed by atoms with E-state index < -0.39 is 29.1 Å². The molecule has 4 aliphatic carbocycles. The Kier molecular flexibility index (Phi) is 3.46. The maximum absolute atomic E-state index is 12.0. The fraction of sp³-hybridized carbons (Fsp3) is 0.778. The van der Waals surface area contributed by atoms with E-state index in [0.717, 1.165) is 37.0 Å². The summed E-state index contributed by atoms with van der Waals surface area (Å²) in [7, 11) is 0. The van der Waals surface area contributed by atoms with Gasteiger partial charge in [-0.2, -0.15) is 0 Å². The molecule has 0 amide bonds. The molecule has 1 aliphatic heterocycles. The number of hydrogen-bond donors (Lipinski definition) is 1. The Balaban J connectivity index is 1.48. The van der Waals surface area contributed by atoms with E-state index in [2.05, 4.69) is 0 Å². The van der Waals surface area contributed by atoms with Gasteiger partial charge in [-0.05, 0) is 56.3 Å². The van der Waals surface area contributed by atoms with Crippen molar-refractivity contribution in [1.82, 2.24) is 0 Å². The van der Waals surface area contributed by atoms with Crippen LogP contribution in [0.5, 0.6) is 0 Å². The van der Waals surface area contributed by atoms with Crippen LogP contribution in [0.1, 0.15) is 52.4 Å². The third-order valence-electron chi connectivity index (χ3n) is 5.87. The van der Waals surface area contributed by atoms with Gasteiger partial charge in [0.1, 0.15) is 12.4 Å². The standard InChI is InChI=1S/C18H24O6/c1-17(2)23-15(20)14(16(21)24-17)13(19)9-22-18-6-10-3-11(7-18)5-12(4-10)8-18/h10-12,19H,3-9H2,1-2H3. The number of carbonyl (C=O) groups is 2. The van der Waals surface area contributed by atoms with Crippen LogP contribution in [0.4, 0.5) is 0 Å². The monoisotopic (exact) mass is 336 g/mol. The third-order valence-corrected chi connectivity index (χ3v) is 5.87. The lowest BCUT2D eigenvalue weighted by Gasteiger charge is -2.56. The topological polar surface area (TPSA) is 82.1 Å². The summed E-state index contributed by atoms with van der Waals surface area (Å²) in [5.41, 5.74) is -0.649.